The first-order valence-corrected chi connectivity index (χ1v) is 9.82. The molecule has 1 heterocycles. The average molecular weight is 410 g/mol. The molecule has 1 aromatic heterocycles. The van der Waals surface area contributed by atoms with Gasteiger partial charge in [-0.1, -0.05) is 32.1 Å². The van der Waals surface area contributed by atoms with E-state index < -0.39 is 5.97 Å². The van der Waals surface area contributed by atoms with E-state index in [0.29, 0.717) is 33.9 Å². The number of aromatic nitrogens is 1. The first-order chi connectivity index (χ1) is 14.1. The van der Waals surface area contributed by atoms with Gasteiger partial charge in [0, 0.05) is 6.42 Å². The highest BCUT2D eigenvalue weighted by Gasteiger charge is 2.21. The molecule has 1 aromatic carbocycles. The van der Waals surface area contributed by atoms with Crippen LogP contribution in [0.3, 0.4) is 0 Å². The zero-order chi connectivity index (χ0) is 21.6. The summed E-state index contributed by atoms with van der Waals surface area (Å²) in [6, 6.07) is 10.5. The standard InChI is InChI=1S/C19H16N4O3S.C2H6/c1-2-3-4-15(24)22-12-16-23-17(19(25)26-10-9-20)18(27-16)14-7-5-13(11-21)6-8-14;1-2/h2,5-8H,1,3-4,10,12H2,(H,22,24);1-2H3. The fraction of sp³-hybridized carbons (Fsp3) is 0.286. The van der Waals surface area contributed by atoms with Gasteiger partial charge >= 0.3 is 5.97 Å². The van der Waals surface area contributed by atoms with E-state index in [1.807, 2.05) is 19.9 Å². The number of carbonyl (C=O) groups excluding carboxylic acids is 2. The van der Waals surface area contributed by atoms with Crippen LogP contribution in [0.25, 0.3) is 10.4 Å². The van der Waals surface area contributed by atoms with E-state index in [1.165, 1.54) is 11.3 Å². The molecule has 2 aromatic rings. The minimum Gasteiger partial charge on any atom is -0.446 e. The van der Waals surface area contributed by atoms with Crippen molar-refractivity contribution in [2.45, 2.75) is 33.2 Å². The third-order valence-electron chi connectivity index (χ3n) is 3.42. The molecule has 1 N–H and O–H groups in total. The minimum absolute atomic E-state index is 0.0790. The van der Waals surface area contributed by atoms with Gasteiger partial charge in [0.1, 0.15) is 11.1 Å². The largest absolute Gasteiger partial charge is 0.446 e. The van der Waals surface area contributed by atoms with Crippen LogP contribution in [0.5, 0.6) is 0 Å². The maximum Gasteiger partial charge on any atom is 0.359 e. The Morgan fingerprint density at radius 1 is 1.28 bits per heavy atom. The van der Waals surface area contributed by atoms with Crippen molar-refractivity contribution in [3.8, 4) is 22.6 Å². The van der Waals surface area contributed by atoms with E-state index in [9.17, 15) is 9.59 Å². The van der Waals surface area contributed by atoms with Gasteiger partial charge in [0.15, 0.2) is 12.3 Å². The molecule has 7 nitrogen and oxygen atoms in total. The number of thiazole rings is 1. The predicted molar refractivity (Wildman–Crippen MR) is 111 cm³/mol. The summed E-state index contributed by atoms with van der Waals surface area (Å²) in [7, 11) is 0. The smallest absolute Gasteiger partial charge is 0.359 e. The number of rotatable bonds is 8. The van der Waals surface area contributed by atoms with Crippen LogP contribution in [0, 0.1) is 22.7 Å². The van der Waals surface area contributed by atoms with Crippen molar-refractivity contribution in [3.05, 3.63) is 53.2 Å². The maximum atomic E-state index is 12.2. The van der Waals surface area contributed by atoms with Gasteiger partial charge in [-0.25, -0.2) is 9.78 Å². The lowest BCUT2D eigenvalue weighted by molar-refractivity contribution is -0.121. The Morgan fingerprint density at radius 3 is 2.55 bits per heavy atom. The number of allylic oxidation sites excluding steroid dienone is 1. The SMILES string of the molecule is C=CCCC(=O)NCc1nc(C(=O)OCC#N)c(-c2ccc(C#N)cc2)s1.CC. The van der Waals surface area contributed by atoms with Gasteiger partial charge in [-0.15, -0.1) is 17.9 Å². The number of nitrogens with one attached hydrogen (secondary N) is 1. The molecule has 0 radical (unpaired) electrons. The molecular weight excluding hydrogens is 388 g/mol. The van der Waals surface area contributed by atoms with Crippen LogP contribution in [-0.2, 0) is 16.1 Å². The third-order valence-corrected chi connectivity index (χ3v) is 4.53. The van der Waals surface area contributed by atoms with E-state index >= 15 is 0 Å². The number of nitriles is 2. The summed E-state index contributed by atoms with van der Waals surface area (Å²) in [4.78, 5) is 28.8. The van der Waals surface area contributed by atoms with Gasteiger partial charge in [-0.05, 0) is 24.1 Å². The lowest BCUT2D eigenvalue weighted by Crippen LogP contribution is -2.22. The Bertz CT molecular complexity index is 921. The van der Waals surface area contributed by atoms with Gasteiger partial charge in [-0.3, -0.25) is 4.79 Å². The monoisotopic (exact) mass is 410 g/mol. The summed E-state index contributed by atoms with van der Waals surface area (Å²) in [5.41, 5.74) is 1.27. The zero-order valence-electron chi connectivity index (χ0n) is 16.4. The summed E-state index contributed by atoms with van der Waals surface area (Å²) in [5.74, 6) is -0.852. The number of hydrogen-bond donors (Lipinski definition) is 1. The van der Waals surface area contributed by atoms with Crippen LogP contribution in [0.2, 0.25) is 0 Å². The van der Waals surface area contributed by atoms with Crippen molar-refractivity contribution in [1.29, 1.82) is 10.5 Å². The second-order valence-corrected chi connectivity index (χ2v) is 6.40. The van der Waals surface area contributed by atoms with Crippen molar-refractivity contribution in [2.24, 2.45) is 0 Å². The van der Waals surface area contributed by atoms with Gasteiger partial charge in [-0.2, -0.15) is 10.5 Å². The number of carbonyl (C=O) groups is 2. The summed E-state index contributed by atoms with van der Waals surface area (Å²) in [5, 5.41) is 20.8. The molecule has 0 spiro atoms. The molecule has 0 aliphatic heterocycles. The normalized spacial score (nSPS) is 9.24. The molecule has 0 unspecified atom stereocenters. The van der Waals surface area contributed by atoms with Gasteiger partial charge < -0.3 is 10.1 Å². The molecule has 0 aliphatic carbocycles. The van der Waals surface area contributed by atoms with Gasteiger partial charge in [0.25, 0.3) is 0 Å². The van der Waals surface area contributed by atoms with Crippen LogP contribution < -0.4 is 5.32 Å². The highest BCUT2D eigenvalue weighted by molar-refractivity contribution is 7.15. The summed E-state index contributed by atoms with van der Waals surface area (Å²) in [6.07, 6.45) is 2.57. The van der Waals surface area contributed by atoms with Crippen LogP contribution in [0.4, 0.5) is 0 Å². The van der Waals surface area contributed by atoms with Crippen molar-refractivity contribution >= 4 is 23.2 Å². The van der Waals surface area contributed by atoms with Gasteiger partial charge in [0.05, 0.1) is 23.1 Å². The highest BCUT2D eigenvalue weighted by atomic mass is 32.1. The van der Waals surface area contributed by atoms with E-state index in [1.54, 1.807) is 36.4 Å². The molecule has 0 aliphatic rings. The molecule has 0 bridgehead atoms. The van der Waals surface area contributed by atoms with Crippen molar-refractivity contribution in [2.75, 3.05) is 6.61 Å². The summed E-state index contributed by atoms with van der Waals surface area (Å²) >= 11 is 1.24. The summed E-state index contributed by atoms with van der Waals surface area (Å²) < 4.78 is 4.87. The number of nitrogens with zero attached hydrogens (tertiary/aromatic N) is 3. The van der Waals surface area contributed by atoms with Crippen LogP contribution in [-0.4, -0.2) is 23.5 Å². The number of amides is 1. The molecule has 0 atom stereocenters. The first-order valence-electron chi connectivity index (χ1n) is 9.01. The second kappa shape index (κ2) is 12.8. The number of benzene rings is 1. The Labute approximate surface area is 174 Å². The second-order valence-electron chi connectivity index (χ2n) is 5.31. The molecule has 29 heavy (non-hydrogen) atoms. The first kappa shape index (κ1) is 23.5. The zero-order valence-corrected chi connectivity index (χ0v) is 17.2. The number of hydrogen-bond acceptors (Lipinski definition) is 7. The number of ether oxygens (including phenoxy) is 1. The Morgan fingerprint density at radius 2 is 1.97 bits per heavy atom. The Hall–Kier alpha value is -3.49. The predicted octanol–water partition coefficient (Wildman–Crippen LogP) is 3.97. The molecule has 0 fully saturated rings. The van der Waals surface area contributed by atoms with Crippen LogP contribution >= 0.6 is 11.3 Å². The Balaban J connectivity index is 0.00000204. The lowest BCUT2D eigenvalue weighted by Gasteiger charge is -2.01. The lowest BCUT2D eigenvalue weighted by atomic mass is 10.1. The van der Waals surface area contributed by atoms with Crippen LogP contribution in [0.1, 0.15) is 47.7 Å². The quantitative estimate of drug-likeness (QED) is 0.520. The highest BCUT2D eigenvalue weighted by Crippen LogP contribution is 2.31. The van der Waals surface area contributed by atoms with E-state index in [4.69, 9.17) is 15.3 Å². The molecule has 0 saturated heterocycles. The molecule has 8 heteroatoms. The Kier molecular flexibility index (Phi) is 10.4. The average Bonchev–Trinajstić information content (AvgIpc) is 3.20. The molecule has 0 saturated carbocycles. The van der Waals surface area contributed by atoms with Crippen molar-refractivity contribution in [1.82, 2.24) is 10.3 Å². The number of esters is 1. The fourth-order valence-corrected chi connectivity index (χ4v) is 3.13. The molecular formula is C21H22N4O3S. The van der Waals surface area contributed by atoms with Gasteiger partial charge in [0.2, 0.25) is 5.91 Å². The van der Waals surface area contributed by atoms with E-state index in [0.717, 1.165) is 0 Å². The third kappa shape index (κ3) is 7.21. The molecule has 2 rings (SSSR count). The fourth-order valence-electron chi connectivity index (χ4n) is 2.13. The van der Waals surface area contributed by atoms with Crippen LogP contribution in [0.15, 0.2) is 36.9 Å². The molecule has 150 valence electrons. The van der Waals surface area contributed by atoms with E-state index in [2.05, 4.69) is 16.9 Å². The molecule has 1 amide bonds. The maximum absolute atomic E-state index is 12.2. The minimum atomic E-state index is -0.712. The van der Waals surface area contributed by atoms with Crippen molar-refractivity contribution < 1.29 is 14.3 Å². The topological polar surface area (TPSA) is 116 Å². The summed E-state index contributed by atoms with van der Waals surface area (Å²) in [6.45, 7) is 7.37. The van der Waals surface area contributed by atoms with E-state index in [-0.39, 0.29) is 24.8 Å². The van der Waals surface area contributed by atoms with Crippen molar-refractivity contribution in [3.63, 3.8) is 0 Å².